The Bertz CT molecular complexity index is 323. The van der Waals surface area contributed by atoms with Crippen LogP contribution in [0.3, 0.4) is 0 Å². The van der Waals surface area contributed by atoms with Gasteiger partial charge in [-0.1, -0.05) is 0 Å². The van der Waals surface area contributed by atoms with Gasteiger partial charge in [0.2, 0.25) is 0 Å². The summed E-state index contributed by atoms with van der Waals surface area (Å²) >= 11 is 3.54. The number of nitrogens with zero attached hydrogens (tertiary/aromatic N) is 2. The first-order chi connectivity index (χ1) is 7.29. The number of aromatic nitrogens is 1. The minimum Gasteiger partial charge on any atom is -0.356 e. The van der Waals surface area contributed by atoms with Crippen molar-refractivity contribution in [3.8, 4) is 0 Å². The molecular weight excluding hydrogens is 254 g/mol. The standard InChI is InChI=1S/C11H16BrN3/c1-15(9-4-7-13-8-5-9)11-10(12)3-2-6-14-11/h2-3,6,9,13H,4-5,7-8H2,1H3. The molecule has 0 spiro atoms. The summed E-state index contributed by atoms with van der Waals surface area (Å²) in [6, 6.07) is 4.60. The monoisotopic (exact) mass is 269 g/mol. The topological polar surface area (TPSA) is 28.2 Å². The molecule has 15 heavy (non-hydrogen) atoms. The Morgan fingerprint density at radius 3 is 2.87 bits per heavy atom. The van der Waals surface area contributed by atoms with Crippen LogP contribution < -0.4 is 10.2 Å². The van der Waals surface area contributed by atoms with Crippen molar-refractivity contribution in [2.75, 3.05) is 25.0 Å². The highest BCUT2D eigenvalue weighted by Crippen LogP contribution is 2.25. The summed E-state index contributed by atoms with van der Waals surface area (Å²) in [5.41, 5.74) is 0. The summed E-state index contributed by atoms with van der Waals surface area (Å²) in [6.45, 7) is 2.22. The number of rotatable bonds is 2. The second-order valence-electron chi connectivity index (χ2n) is 3.90. The molecule has 0 aromatic carbocycles. The first-order valence-electron chi connectivity index (χ1n) is 5.33. The molecule has 3 nitrogen and oxygen atoms in total. The van der Waals surface area contributed by atoms with Gasteiger partial charge in [0, 0.05) is 19.3 Å². The van der Waals surface area contributed by atoms with Crippen molar-refractivity contribution in [3.63, 3.8) is 0 Å². The van der Waals surface area contributed by atoms with E-state index in [2.05, 4.69) is 38.2 Å². The molecular formula is C11H16BrN3. The molecule has 0 radical (unpaired) electrons. The fraction of sp³-hybridized carbons (Fsp3) is 0.545. The molecule has 1 aliphatic rings. The normalized spacial score (nSPS) is 17.7. The van der Waals surface area contributed by atoms with Crippen LogP contribution in [0.4, 0.5) is 5.82 Å². The fourth-order valence-electron chi connectivity index (χ4n) is 2.00. The zero-order chi connectivity index (χ0) is 10.7. The van der Waals surface area contributed by atoms with E-state index in [0.29, 0.717) is 6.04 Å². The Hall–Kier alpha value is -0.610. The van der Waals surface area contributed by atoms with E-state index >= 15 is 0 Å². The largest absolute Gasteiger partial charge is 0.356 e. The van der Waals surface area contributed by atoms with Gasteiger partial charge in [-0.15, -0.1) is 0 Å². The van der Waals surface area contributed by atoms with Gasteiger partial charge in [0.05, 0.1) is 4.47 Å². The Morgan fingerprint density at radius 1 is 1.47 bits per heavy atom. The maximum atomic E-state index is 4.41. The quantitative estimate of drug-likeness (QED) is 0.891. The van der Waals surface area contributed by atoms with E-state index in [-0.39, 0.29) is 0 Å². The molecule has 2 rings (SSSR count). The smallest absolute Gasteiger partial charge is 0.142 e. The number of anilines is 1. The van der Waals surface area contributed by atoms with E-state index in [9.17, 15) is 0 Å². The number of halogens is 1. The van der Waals surface area contributed by atoms with Gasteiger partial charge in [-0.2, -0.15) is 0 Å². The van der Waals surface area contributed by atoms with Crippen molar-refractivity contribution < 1.29 is 0 Å². The van der Waals surface area contributed by atoms with Crippen LogP contribution in [0.25, 0.3) is 0 Å². The number of pyridine rings is 1. The van der Waals surface area contributed by atoms with E-state index in [1.807, 2.05) is 18.3 Å². The van der Waals surface area contributed by atoms with Gasteiger partial charge in [-0.3, -0.25) is 0 Å². The van der Waals surface area contributed by atoms with E-state index in [1.165, 1.54) is 12.8 Å². The highest BCUT2D eigenvalue weighted by atomic mass is 79.9. The van der Waals surface area contributed by atoms with Crippen LogP contribution in [0.2, 0.25) is 0 Å². The van der Waals surface area contributed by atoms with Crippen molar-refractivity contribution in [3.05, 3.63) is 22.8 Å². The van der Waals surface area contributed by atoms with E-state index in [0.717, 1.165) is 23.4 Å². The van der Waals surface area contributed by atoms with Crippen LogP contribution in [0, 0.1) is 0 Å². The molecule has 0 aliphatic carbocycles. The Morgan fingerprint density at radius 2 is 2.20 bits per heavy atom. The van der Waals surface area contributed by atoms with Gasteiger partial charge in [-0.25, -0.2) is 4.98 Å². The third-order valence-corrected chi connectivity index (χ3v) is 3.55. The van der Waals surface area contributed by atoms with Crippen molar-refractivity contribution in [1.82, 2.24) is 10.3 Å². The maximum absolute atomic E-state index is 4.41. The maximum Gasteiger partial charge on any atom is 0.142 e. The van der Waals surface area contributed by atoms with Crippen LogP contribution >= 0.6 is 15.9 Å². The Labute approximate surface area is 99.0 Å². The summed E-state index contributed by atoms with van der Waals surface area (Å²) in [5.74, 6) is 1.05. The lowest BCUT2D eigenvalue weighted by molar-refractivity contribution is 0.441. The molecule has 0 bridgehead atoms. The predicted molar refractivity (Wildman–Crippen MR) is 66.2 cm³/mol. The number of nitrogens with one attached hydrogen (secondary N) is 1. The van der Waals surface area contributed by atoms with Crippen molar-refractivity contribution in [2.24, 2.45) is 0 Å². The summed E-state index contributed by atoms with van der Waals surface area (Å²) < 4.78 is 1.08. The minimum atomic E-state index is 0.609. The van der Waals surface area contributed by atoms with Crippen LogP contribution in [-0.2, 0) is 0 Å². The highest BCUT2D eigenvalue weighted by molar-refractivity contribution is 9.10. The lowest BCUT2D eigenvalue weighted by Crippen LogP contribution is -2.41. The van der Waals surface area contributed by atoms with Gasteiger partial charge in [-0.05, 0) is 54.0 Å². The molecule has 82 valence electrons. The molecule has 1 aliphatic heterocycles. The van der Waals surface area contributed by atoms with Crippen LogP contribution in [0.5, 0.6) is 0 Å². The van der Waals surface area contributed by atoms with Crippen LogP contribution in [-0.4, -0.2) is 31.2 Å². The highest BCUT2D eigenvalue weighted by Gasteiger charge is 2.19. The average Bonchev–Trinajstić information content (AvgIpc) is 2.30. The lowest BCUT2D eigenvalue weighted by atomic mass is 10.1. The first-order valence-corrected chi connectivity index (χ1v) is 6.12. The summed E-state index contributed by atoms with van der Waals surface area (Å²) in [7, 11) is 2.13. The first kappa shape index (κ1) is 10.9. The summed E-state index contributed by atoms with van der Waals surface area (Å²) in [6.07, 6.45) is 4.23. The molecule has 0 unspecified atom stereocenters. The molecule has 1 fully saturated rings. The van der Waals surface area contributed by atoms with Gasteiger partial charge in [0.15, 0.2) is 0 Å². The SMILES string of the molecule is CN(c1ncccc1Br)C1CCNCC1. The lowest BCUT2D eigenvalue weighted by Gasteiger charge is -2.32. The second kappa shape index (κ2) is 4.94. The van der Waals surface area contributed by atoms with Gasteiger partial charge in [0.1, 0.15) is 5.82 Å². The van der Waals surface area contributed by atoms with Crippen LogP contribution in [0.15, 0.2) is 22.8 Å². The van der Waals surface area contributed by atoms with E-state index < -0.39 is 0 Å². The summed E-state index contributed by atoms with van der Waals surface area (Å²) in [5, 5.41) is 3.38. The molecule has 2 heterocycles. The molecule has 0 atom stereocenters. The molecule has 1 N–H and O–H groups in total. The molecule has 0 amide bonds. The number of hydrogen-bond acceptors (Lipinski definition) is 3. The molecule has 0 saturated carbocycles. The third kappa shape index (κ3) is 2.49. The van der Waals surface area contributed by atoms with Gasteiger partial charge < -0.3 is 10.2 Å². The van der Waals surface area contributed by atoms with E-state index in [1.54, 1.807) is 0 Å². The van der Waals surface area contributed by atoms with E-state index in [4.69, 9.17) is 0 Å². The molecule has 1 aromatic rings. The number of piperidine rings is 1. The predicted octanol–water partition coefficient (Wildman–Crippen LogP) is 2.03. The van der Waals surface area contributed by atoms with Crippen molar-refractivity contribution in [1.29, 1.82) is 0 Å². The summed E-state index contributed by atoms with van der Waals surface area (Å²) in [4.78, 5) is 6.69. The van der Waals surface area contributed by atoms with Gasteiger partial charge in [0.25, 0.3) is 0 Å². The average molecular weight is 270 g/mol. The second-order valence-corrected chi connectivity index (χ2v) is 4.76. The minimum absolute atomic E-state index is 0.609. The third-order valence-electron chi connectivity index (χ3n) is 2.93. The molecule has 4 heteroatoms. The molecule has 1 saturated heterocycles. The van der Waals surface area contributed by atoms with Crippen molar-refractivity contribution in [2.45, 2.75) is 18.9 Å². The fourth-order valence-corrected chi connectivity index (χ4v) is 2.54. The van der Waals surface area contributed by atoms with Crippen LogP contribution in [0.1, 0.15) is 12.8 Å². The zero-order valence-electron chi connectivity index (χ0n) is 8.91. The van der Waals surface area contributed by atoms with Gasteiger partial charge >= 0.3 is 0 Å². The molecule has 1 aromatic heterocycles. The Balaban J connectivity index is 2.12. The zero-order valence-corrected chi connectivity index (χ0v) is 10.5. The Kier molecular flexibility index (Phi) is 3.59. The number of hydrogen-bond donors (Lipinski definition) is 1. The van der Waals surface area contributed by atoms with Crippen molar-refractivity contribution >= 4 is 21.7 Å².